The van der Waals surface area contributed by atoms with Crippen molar-refractivity contribution in [1.82, 2.24) is 10.6 Å². The summed E-state index contributed by atoms with van der Waals surface area (Å²) in [5.41, 5.74) is 0. The molecule has 82 valence electrons. The summed E-state index contributed by atoms with van der Waals surface area (Å²) in [4.78, 5) is 12.0. The third-order valence-corrected chi connectivity index (χ3v) is 2.97. The standard InChI is InChI=1S/C11H22N2O/c1-3-5-9(4-2)11(14)10-6-12-8-13-7-10/h9-10,12-13H,3-8H2,1-2H3. The van der Waals surface area contributed by atoms with Crippen molar-refractivity contribution >= 4 is 5.78 Å². The molecule has 1 heterocycles. The molecule has 1 aliphatic heterocycles. The van der Waals surface area contributed by atoms with Crippen LogP contribution in [0.2, 0.25) is 0 Å². The van der Waals surface area contributed by atoms with Crippen LogP contribution in [-0.2, 0) is 4.79 Å². The summed E-state index contributed by atoms with van der Waals surface area (Å²) < 4.78 is 0. The van der Waals surface area contributed by atoms with E-state index in [0.29, 0.717) is 5.78 Å². The Kier molecular flexibility index (Phi) is 5.12. The van der Waals surface area contributed by atoms with Crippen LogP contribution < -0.4 is 10.6 Å². The van der Waals surface area contributed by atoms with Crippen LogP contribution in [0.1, 0.15) is 33.1 Å². The second-order valence-electron chi connectivity index (χ2n) is 4.08. The van der Waals surface area contributed by atoms with Crippen molar-refractivity contribution in [1.29, 1.82) is 0 Å². The molecule has 0 aromatic rings. The number of nitrogens with one attached hydrogen (secondary N) is 2. The fourth-order valence-corrected chi connectivity index (χ4v) is 2.08. The van der Waals surface area contributed by atoms with E-state index in [1.54, 1.807) is 0 Å². The number of hydrogen-bond acceptors (Lipinski definition) is 3. The molecule has 0 spiro atoms. The number of hydrogen-bond donors (Lipinski definition) is 2. The van der Waals surface area contributed by atoms with Gasteiger partial charge in [0.1, 0.15) is 5.78 Å². The van der Waals surface area contributed by atoms with Crippen molar-refractivity contribution in [2.75, 3.05) is 19.8 Å². The van der Waals surface area contributed by atoms with E-state index in [2.05, 4.69) is 24.5 Å². The lowest BCUT2D eigenvalue weighted by Crippen LogP contribution is -2.48. The second-order valence-corrected chi connectivity index (χ2v) is 4.08. The number of ketones is 1. The molecule has 3 heteroatoms. The maximum absolute atomic E-state index is 12.0. The number of carbonyl (C=O) groups is 1. The molecule has 1 fully saturated rings. The van der Waals surface area contributed by atoms with Gasteiger partial charge in [0.2, 0.25) is 0 Å². The van der Waals surface area contributed by atoms with E-state index in [0.717, 1.165) is 39.0 Å². The van der Waals surface area contributed by atoms with Crippen LogP contribution in [0.5, 0.6) is 0 Å². The molecule has 0 saturated carbocycles. The summed E-state index contributed by atoms with van der Waals surface area (Å²) in [6.45, 7) is 6.81. The van der Waals surface area contributed by atoms with Gasteiger partial charge in [-0.1, -0.05) is 20.3 Å². The van der Waals surface area contributed by atoms with Crippen LogP contribution in [0.25, 0.3) is 0 Å². The summed E-state index contributed by atoms with van der Waals surface area (Å²) in [5, 5.41) is 6.41. The fraction of sp³-hybridized carbons (Fsp3) is 0.909. The smallest absolute Gasteiger partial charge is 0.141 e. The van der Waals surface area contributed by atoms with Crippen molar-refractivity contribution in [3.8, 4) is 0 Å². The first-order chi connectivity index (χ1) is 6.79. The van der Waals surface area contributed by atoms with Gasteiger partial charge in [-0.15, -0.1) is 0 Å². The zero-order valence-corrected chi connectivity index (χ0v) is 9.31. The molecule has 0 amide bonds. The summed E-state index contributed by atoms with van der Waals surface area (Å²) in [7, 11) is 0. The summed E-state index contributed by atoms with van der Waals surface area (Å²) in [6.07, 6.45) is 3.15. The zero-order chi connectivity index (χ0) is 10.4. The second kappa shape index (κ2) is 6.14. The minimum atomic E-state index is 0.195. The maximum Gasteiger partial charge on any atom is 0.141 e. The van der Waals surface area contributed by atoms with Crippen molar-refractivity contribution in [2.45, 2.75) is 33.1 Å². The minimum Gasteiger partial charge on any atom is -0.304 e. The van der Waals surface area contributed by atoms with Gasteiger partial charge in [-0.25, -0.2) is 0 Å². The molecular formula is C11H22N2O. The first-order valence-electron chi connectivity index (χ1n) is 5.74. The molecule has 1 saturated heterocycles. The van der Waals surface area contributed by atoms with E-state index >= 15 is 0 Å². The highest BCUT2D eigenvalue weighted by Crippen LogP contribution is 2.17. The van der Waals surface area contributed by atoms with Gasteiger partial charge in [0.25, 0.3) is 0 Å². The first-order valence-corrected chi connectivity index (χ1v) is 5.74. The lowest BCUT2D eigenvalue weighted by Gasteiger charge is -2.26. The van der Waals surface area contributed by atoms with Crippen LogP contribution in [0, 0.1) is 11.8 Å². The molecule has 1 aliphatic rings. The normalized spacial score (nSPS) is 20.7. The van der Waals surface area contributed by atoms with Crippen molar-refractivity contribution in [3.63, 3.8) is 0 Å². The van der Waals surface area contributed by atoms with E-state index in [1.165, 1.54) is 0 Å². The van der Waals surface area contributed by atoms with Gasteiger partial charge in [0.15, 0.2) is 0 Å². The Labute approximate surface area is 86.6 Å². The third kappa shape index (κ3) is 3.07. The Morgan fingerprint density at radius 3 is 2.50 bits per heavy atom. The van der Waals surface area contributed by atoms with Gasteiger partial charge in [-0.2, -0.15) is 0 Å². The Balaban J connectivity index is 2.43. The first kappa shape index (κ1) is 11.7. The molecule has 0 aromatic carbocycles. The average molecular weight is 198 g/mol. The topological polar surface area (TPSA) is 41.1 Å². The minimum absolute atomic E-state index is 0.195. The Morgan fingerprint density at radius 2 is 2.00 bits per heavy atom. The zero-order valence-electron chi connectivity index (χ0n) is 9.31. The molecule has 3 nitrogen and oxygen atoms in total. The van der Waals surface area contributed by atoms with Crippen molar-refractivity contribution in [3.05, 3.63) is 0 Å². The lowest BCUT2D eigenvalue weighted by molar-refractivity contribution is -0.127. The van der Waals surface area contributed by atoms with Crippen molar-refractivity contribution < 1.29 is 4.79 Å². The fourth-order valence-electron chi connectivity index (χ4n) is 2.08. The van der Waals surface area contributed by atoms with Gasteiger partial charge >= 0.3 is 0 Å². The van der Waals surface area contributed by atoms with Gasteiger partial charge < -0.3 is 10.6 Å². The molecule has 0 bridgehead atoms. The number of rotatable bonds is 5. The molecule has 1 unspecified atom stereocenters. The Bertz CT molecular complexity index is 169. The van der Waals surface area contributed by atoms with Gasteiger partial charge in [-0.05, 0) is 12.8 Å². The third-order valence-electron chi connectivity index (χ3n) is 2.97. The highest BCUT2D eigenvalue weighted by molar-refractivity contribution is 5.83. The quantitative estimate of drug-likeness (QED) is 0.696. The highest BCUT2D eigenvalue weighted by atomic mass is 16.1. The van der Waals surface area contributed by atoms with E-state index in [1.807, 2.05) is 0 Å². The molecule has 0 aromatic heterocycles. The molecule has 14 heavy (non-hydrogen) atoms. The maximum atomic E-state index is 12.0. The molecule has 1 rings (SSSR count). The van der Waals surface area contributed by atoms with Crippen LogP contribution in [-0.4, -0.2) is 25.5 Å². The molecule has 0 aliphatic carbocycles. The highest BCUT2D eigenvalue weighted by Gasteiger charge is 2.26. The Hall–Kier alpha value is -0.410. The van der Waals surface area contributed by atoms with E-state index in [4.69, 9.17) is 0 Å². The SMILES string of the molecule is CCCC(CC)C(=O)C1CNCNC1. The van der Waals surface area contributed by atoms with E-state index < -0.39 is 0 Å². The van der Waals surface area contributed by atoms with Crippen LogP contribution in [0.4, 0.5) is 0 Å². The molecule has 1 atom stereocenters. The number of carbonyl (C=O) groups excluding carboxylic acids is 1. The van der Waals surface area contributed by atoms with Crippen molar-refractivity contribution in [2.24, 2.45) is 11.8 Å². The molecular weight excluding hydrogens is 176 g/mol. The average Bonchev–Trinajstić information content (AvgIpc) is 2.26. The van der Waals surface area contributed by atoms with Gasteiger partial charge in [-0.3, -0.25) is 4.79 Å². The summed E-state index contributed by atoms with van der Waals surface area (Å²) in [6, 6.07) is 0. The Morgan fingerprint density at radius 1 is 1.36 bits per heavy atom. The van der Waals surface area contributed by atoms with Gasteiger partial charge in [0.05, 0.1) is 0 Å². The van der Waals surface area contributed by atoms with Crippen LogP contribution in [0.15, 0.2) is 0 Å². The molecule has 0 radical (unpaired) electrons. The lowest BCUT2D eigenvalue weighted by atomic mass is 9.87. The molecule has 2 N–H and O–H groups in total. The van der Waals surface area contributed by atoms with E-state index in [-0.39, 0.29) is 11.8 Å². The summed E-state index contributed by atoms with van der Waals surface area (Å²) in [5.74, 6) is 0.931. The van der Waals surface area contributed by atoms with Crippen LogP contribution in [0.3, 0.4) is 0 Å². The predicted molar refractivity (Wildman–Crippen MR) is 58.1 cm³/mol. The van der Waals surface area contributed by atoms with Gasteiger partial charge in [0, 0.05) is 31.6 Å². The predicted octanol–water partition coefficient (Wildman–Crippen LogP) is 1.15. The van der Waals surface area contributed by atoms with Crippen LogP contribution >= 0.6 is 0 Å². The number of Topliss-reactive ketones (excluding diaryl/α,β-unsaturated/α-hetero) is 1. The largest absolute Gasteiger partial charge is 0.304 e. The summed E-state index contributed by atoms with van der Waals surface area (Å²) >= 11 is 0. The van der Waals surface area contributed by atoms with E-state index in [9.17, 15) is 4.79 Å². The monoisotopic (exact) mass is 198 g/mol.